The van der Waals surface area contributed by atoms with Crippen LogP contribution in [0.4, 0.5) is 5.69 Å². The highest BCUT2D eigenvalue weighted by atomic mass is 16.5. The van der Waals surface area contributed by atoms with Crippen LogP contribution >= 0.6 is 0 Å². The quantitative estimate of drug-likeness (QED) is 0.131. The number of benzene rings is 4. The van der Waals surface area contributed by atoms with Crippen LogP contribution in [0.1, 0.15) is 46.9 Å². The van der Waals surface area contributed by atoms with Crippen LogP contribution in [0, 0.1) is 0 Å². The van der Waals surface area contributed by atoms with E-state index in [2.05, 4.69) is 34.1 Å². The number of rotatable bonds is 14. The number of aliphatic carboxylic acids is 1. The number of aromatic nitrogens is 1. The summed E-state index contributed by atoms with van der Waals surface area (Å²) in [7, 11) is 1.72. The van der Waals surface area contributed by atoms with E-state index in [1.807, 2.05) is 89.6 Å². The van der Waals surface area contributed by atoms with Crippen molar-refractivity contribution >= 4 is 28.3 Å². The molecule has 47 heavy (non-hydrogen) atoms. The normalized spacial score (nSPS) is 14.2. The third-order valence-corrected chi connectivity index (χ3v) is 8.89. The van der Waals surface area contributed by atoms with Crippen LogP contribution in [0.25, 0.3) is 10.9 Å². The van der Waals surface area contributed by atoms with Gasteiger partial charge in [-0.2, -0.15) is 0 Å². The molecule has 242 valence electrons. The molecule has 0 aliphatic carbocycles. The van der Waals surface area contributed by atoms with E-state index >= 15 is 0 Å². The van der Waals surface area contributed by atoms with Gasteiger partial charge in [-0.05, 0) is 54.4 Å². The standard InChI is InChI=1S/C39H41N3O5/c1-46-37-15-8-7-14-35(37)41-26-24-40(25-27-41)23-21-36(29-10-3-2-4-11-29)47-31-19-17-30(18-20-31)39(45)33-28-42(22-9-16-38(43)44)34-13-6-5-12-32(33)34/h2-8,10-15,17-20,28,36H,9,16,21-27H2,1H3,(H,43,44). The molecule has 8 heteroatoms. The van der Waals surface area contributed by atoms with Gasteiger partial charge in [0.05, 0.1) is 12.8 Å². The minimum atomic E-state index is -0.822. The fraction of sp³-hybridized carbons (Fsp3) is 0.282. The van der Waals surface area contributed by atoms with Crippen LogP contribution in [0.15, 0.2) is 109 Å². The molecule has 5 aromatic rings. The maximum atomic E-state index is 13.7. The Labute approximate surface area is 275 Å². The molecule has 0 saturated carbocycles. The lowest BCUT2D eigenvalue weighted by atomic mass is 10.0. The molecule has 1 fully saturated rings. The first-order valence-corrected chi connectivity index (χ1v) is 16.3. The molecule has 1 aliphatic heterocycles. The van der Waals surface area contributed by atoms with Gasteiger partial charge >= 0.3 is 5.97 Å². The molecule has 1 atom stereocenters. The third kappa shape index (κ3) is 7.67. The molecule has 1 saturated heterocycles. The number of carboxylic acids is 1. The van der Waals surface area contributed by atoms with E-state index in [-0.39, 0.29) is 18.3 Å². The van der Waals surface area contributed by atoms with Crippen LogP contribution in [0.3, 0.4) is 0 Å². The summed E-state index contributed by atoms with van der Waals surface area (Å²) in [6.45, 7) is 5.25. The molecule has 0 spiro atoms. The summed E-state index contributed by atoms with van der Waals surface area (Å²) in [6.07, 6.45) is 3.13. The van der Waals surface area contributed by atoms with Gasteiger partial charge in [0.1, 0.15) is 17.6 Å². The third-order valence-electron chi connectivity index (χ3n) is 8.89. The van der Waals surface area contributed by atoms with Gasteiger partial charge in [0, 0.05) is 80.3 Å². The lowest BCUT2D eigenvalue weighted by molar-refractivity contribution is -0.137. The molecular weight excluding hydrogens is 590 g/mol. The summed E-state index contributed by atoms with van der Waals surface area (Å²) in [6, 6.07) is 33.7. The van der Waals surface area contributed by atoms with Gasteiger partial charge in [-0.3, -0.25) is 14.5 Å². The number of carbonyl (C=O) groups is 2. The van der Waals surface area contributed by atoms with E-state index in [0.29, 0.717) is 29.8 Å². The Balaban J connectivity index is 1.11. The van der Waals surface area contributed by atoms with Crippen molar-refractivity contribution in [2.24, 2.45) is 0 Å². The van der Waals surface area contributed by atoms with Gasteiger partial charge in [0.15, 0.2) is 5.78 Å². The highest BCUT2D eigenvalue weighted by molar-refractivity contribution is 6.16. The number of carbonyl (C=O) groups excluding carboxylic acids is 1. The summed E-state index contributed by atoms with van der Waals surface area (Å²) < 4.78 is 14.1. The van der Waals surface area contributed by atoms with Crippen molar-refractivity contribution in [3.63, 3.8) is 0 Å². The number of fused-ring (bicyclic) bond motifs is 1. The number of nitrogens with zero attached hydrogens (tertiary/aromatic N) is 3. The van der Waals surface area contributed by atoms with E-state index in [1.165, 1.54) is 0 Å². The fourth-order valence-corrected chi connectivity index (χ4v) is 6.38. The van der Waals surface area contributed by atoms with Crippen molar-refractivity contribution in [3.05, 3.63) is 126 Å². The molecule has 4 aromatic carbocycles. The zero-order valence-corrected chi connectivity index (χ0v) is 26.8. The monoisotopic (exact) mass is 631 g/mol. The lowest BCUT2D eigenvalue weighted by Gasteiger charge is -2.37. The number of aryl methyl sites for hydroxylation is 1. The first kappa shape index (κ1) is 31.9. The molecular formula is C39H41N3O5. The number of piperazine rings is 1. The number of hydrogen-bond acceptors (Lipinski definition) is 6. The molecule has 1 aliphatic rings. The number of ether oxygens (including phenoxy) is 2. The molecule has 1 unspecified atom stereocenters. The maximum absolute atomic E-state index is 13.7. The Morgan fingerprint density at radius 2 is 1.51 bits per heavy atom. The van der Waals surface area contributed by atoms with Crippen LogP contribution < -0.4 is 14.4 Å². The lowest BCUT2D eigenvalue weighted by Crippen LogP contribution is -2.47. The van der Waals surface area contributed by atoms with Gasteiger partial charge in [0.25, 0.3) is 0 Å². The van der Waals surface area contributed by atoms with E-state index < -0.39 is 5.97 Å². The summed E-state index contributed by atoms with van der Waals surface area (Å²) in [5, 5.41) is 9.92. The minimum absolute atomic E-state index is 0.0726. The zero-order chi connectivity index (χ0) is 32.6. The molecule has 1 N–H and O–H groups in total. The Hall–Kier alpha value is -5.08. The van der Waals surface area contributed by atoms with Crippen molar-refractivity contribution in [2.75, 3.05) is 44.7 Å². The van der Waals surface area contributed by atoms with Crippen LogP contribution in [-0.4, -0.2) is 66.2 Å². The van der Waals surface area contributed by atoms with Gasteiger partial charge in [-0.1, -0.05) is 60.7 Å². The van der Waals surface area contributed by atoms with Crippen molar-refractivity contribution < 1.29 is 24.2 Å². The Morgan fingerprint density at radius 1 is 0.809 bits per heavy atom. The Morgan fingerprint density at radius 3 is 2.26 bits per heavy atom. The van der Waals surface area contributed by atoms with Crippen molar-refractivity contribution in [3.8, 4) is 11.5 Å². The van der Waals surface area contributed by atoms with E-state index in [4.69, 9.17) is 14.6 Å². The number of para-hydroxylation sites is 3. The maximum Gasteiger partial charge on any atom is 0.303 e. The van der Waals surface area contributed by atoms with Crippen molar-refractivity contribution in [2.45, 2.75) is 31.9 Å². The van der Waals surface area contributed by atoms with Gasteiger partial charge in [-0.25, -0.2) is 0 Å². The zero-order valence-electron chi connectivity index (χ0n) is 26.8. The number of carboxylic acid groups (broad SMARTS) is 1. The largest absolute Gasteiger partial charge is 0.495 e. The second-order valence-corrected chi connectivity index (χ2v) is 11.9. The molecule has 0 amide bonds. The van der Waals surface area contributed by atoms with Crippen molar-refractivity contribution in [1.82, 2.24) is 9.47 Å². The second kappa shape index (κ2) is 15.0. The van der Waals surface area contributed by atoms with Crippen molar-refractivity contribution in [1.29, 1.82) is 0 Å². The predicted octanol–water partition coefficient (Wildman–Crippen LogP) is 7.08. The highest BCUT2D eigenvalue weighted by Crippen LogP contribution is 2.30. The molecule has 2 heterocycles. The summed E-state index contributed by atoms with van der Waals surface area (Å²) in [5.74, 6) is 0.729. The van der Waals surface area contributed by atoms with Gasteiger partial charge in [0.2, 0.25) is 0 Å². The highest BCUT2D eigenvalue weighted by Gasteiger charge is 2.22. The van der Waals surface area contributed by atoms with Gasteiger partial charge in [-0.15, -0.1) is 0 Å². The van der Waals surface area contributed by atoms with E-state index in [1.54, 1.807) is 7.11 Å². The topological polar surface area (TPSA) is 84.2 Å². The molecule has 0 radical (unpaired) electrons. The SMILES string of the molecule is COc1ccccc1N1CCN(CCC(Oc2ccc(C(=O)c3cn(CCCC(=O)O)c4ccccc34)cc2)c2ccccc2)CC1. The van der Waals surface area contributed by atoms with Crippen LogP contribution in [-0.2, 0) is 11.3 Å². The predicted molar refractivity (Wildman–Crippen MR) is 185 cm³/mol. The molecule has 1 aromatic heterocycles. The number of hydrogen-bond donors (Lipinski definition) is 1. The summed E-state index contributed by atoms with van der Waals surface area (Å²) in [5.41, 5.74) is 4.38. The molecule has 8 nitrogen and oxygen atoms in total. The first-order valence-electron chi connectivity index (χ1n) is 16.3. The fourth-order valence-electron chi connectivity index (χ4n) is 6.38. The smallest absolute Gasteiger partial charge is 0.303 e. The Kier molecular flexibility index (Phi) is 10.2. The second-order valence-electron chi connectivity index (χ2n) is 11.9. The number of anilines is 1. The Bertz CT molecular complexity index is 1790. The molecule has 6 rings (SSSR count). The van der Waals surface area contributed by atoms with E-state index in [0.717, 1.165) is 67.0 Å². The first-order chi connectivity index (χ1) is 23.0. The number of methoxy groups -OCH3 is 1. The average molecular weight is 632 g/mol. The minimum Gasteiger partial charge on any atom is -0.495 e. The number of ketones is 1. The van der Waals surface area contributed by atoms with Crippen LogP contribution in [0.5, 0.6) is 11.5 Å². The summed E-state index contributed by atoms with van der Waals surface area (Å²) >= 11 is 0. The summed E-state index contributed by atoms with van der Waals surface area (Å²) in [4.78, 5) is 29.6. The van der Waals surface area contributed by atoms with E-state index in [9.17, 15) is 9.59 Å². The van der Waals surface area contributed by atoms with Gasteiger partial charge < -0.3 is 24.0 Å². The average Bonchev–Trinajstić information content (AvgIpc) is 3.49. The molecule has 0 bridgehead atoms. The van der Waals surface area contributed by atoms with Crippen LogP contribution in [0.2, 0.25) is 0 Å².